The van der Waals surface area contributed by atoms with Crippen LogP contribution in [0, 0.1) is 0 Å². The van der Waals surface area contributed by atoms with Crippen molar-refractivity contribution in [2.45, 2.75) is 69.9 Å². The second-order valence-electron chi connectivity index (χ2n) is 8.47. The van der Waals surface area contributed by atoms with E-state index in [4.69, 9.17) is 4.98 Å². The maximum atomic E-state index is 12.6. The molecule has 29 heavy (non-hydrogen) atoms. The molecule has 0 unspecified atom stereocenters. The van der Waals surface area contributed by atoms with Crippen LogP contribution in [0.5, 0.6) is 0 Å². The monoisotopic (exact) mass is 415 g/mol. The Morgan fingerprint density at radius 2 is 1.83 bits per heavy atom. The van der Waals surface area contributed by atoms with Gasteiger partial charge in [0, 0.05) is 24.8 Å². The van der Waals surface area contributed by atoms with Gasteiger partial charge in [-0.15, -0.1) is 11.3 Å². The van der Waals surface area contributed by atoms with Gasteiger partial charge < -0.3 is 10.2 Å². The SMILES string of the molecule is C[C@H](C(=O)NC(=O)NC1CCCCC1)[NH+]1CCC(c2nc3ccccc3s2)CC1. The van der Waals surface area contributed by atoms with Crippen LogP contribution in [-0.2, 0) is 4.79 Å². The summed E-state index contributed by atoms with van der Waals surface area (Å²) < 4.78 is 1.24. The average molecular weight is 416 g/mol. The normalized spacial score (nSPS) is 24.2. The Hall–Kier alpha value is -1.99. The molecule has 2 heterocycles. The van der Waals surface area contributed by atoms with Crippen molar-refractivity contribution in [3.8, 4) is 0 Å². The number of fused-ring (bicyclic) bond motifs is 1. The van der Waals surface area contributed by atoms with Crippen LogP contribution in [0.4, 0.5) is 4.79 Å². The van der Waals surface area contributed by atoms with Crippen LogP contribution >= 0.6 is 11.3 Å². The summed E-state index contributed by atoms with van der Waals surface area (Å²) in [6.07, 6.45) is 7.64. The quantitative estimate of drug-likeness (QED) is 0.719. The Bertz CT molecular complexity index is 820. The Kier molecular flexibility index (Phi) is 6.45. The van der Waals surface area contributed by atoms with Crippen LogP contribution in [0.15, 0.2) is 24.3 Å². The topological polar surface area (TPSA) is 75.5 Å². The zero-order valence-corrected chi connectivity index (χ0v) is 17.9. The third-order valence-electron chi connectivity index (χ3n) is 6.47. The lowest BCUT2D eigenvalue weighted by molar-refractivity contribution is -0.919. The molecule has 1 atom stereocenters. The van der Waals surface area contributed by atoms with E-state index in [0.717, 1.165) is 57.1 Å². The van der Waals surface area contributed by atoms with Crippen LogP contribution in [0.25, 0.3) is 10.2 Å². The number of aromatic nitrogens is 1. The molecule has 1 saturated heterocycles. The first-order valence-electron chi connectivity index (χ1n) is 10.9. The van der Waals surface area contributed by atoms with Gasteiger partial charge in [-0.3, -0.25) is 10.1 Å². The minimum Gasteiger partial charge on any atom is -0.335 e. The minimum absolute atomic E-state index is 0.174. The maximum Gasteiger partial charge on any atom is 0.321 e. The predicted molar refractivity (Wildman–Crippen MR) is 115 cm³/mol. The fraction of sp³-hybridized carbons (Fsp3) is 0.591. The maximum absolute atomic E-state index is 12.6. The summed E-state index contributed by atoms with van der Waals surface area (Å²) in [7, 11) is 0. The molecule has 6 nitrogen and oxygen atoms in total. The number of para-hydroxylation sites is 1. The van der Waals surface area contributed by atoms with Gasteiger partial charge >= 0.3 is 6.03 Å². The van der Waals surface area contributed by atoms with E-state index in [1.54, 1.807) is 11.3 Å². The summed E-state index contributed by atoms with van der Waals surface area (Å²) in [5.41, 5.74) is 1.08. The highest BCUT2D eigenvalue weighted by atomic mass is 32.1. The van der Waals surface area contributed by atoms with Gasteiger partial charge in [0.15, 0.2) is 6.04 Å². The van der Waals surface area contributed by atoms with Crippen molar-refractivity contribution in [2.75, 3.05) is 13.1 Å². The molecule has 0 spiro atoms. The summed E-state index contributed by atoms with van der Waals surface area (Å²) >= 11 is 1.79. The van der Waals surface area contributed by atoms with Gasteiger partial charge in [-0.25, -0.2) is 9.78 Å². The molecule has 0 radical (unpaired) electrons. The number of thiazole rings is 1. The molecule has 1 aromatic heterocycles. The number of urea groups is 1. The minimum atomic E-state index is -0.336. The van der Waals surface area contributed by atoms with Crippen molar-refractivity contribution >= 4 is 33.5 Å². The molecular weight excluding hydrogens is 384 g/mol. The predicted octanol–water partition coefficient (Wildman–Crippen LogP) is 2.61. The number of benzene rings is 1. The van der Waals surface area contributed by atoms with Crippen molar-refractivity contribution in [2.24, 2.45) is 0 Å². The number of carbonyl (C=O) groups is 2. The number of piperidine rings is 1. The molecule has 1 saturated carbocycles. The number of hydrogen-bond acceptors (Lipinski definition) is 4. The first-order chi connectivity index (χ1) is 14.1. The Morgan fingerprint density at radius 3 is 2.55 bits per heavy atom. The van der Waals surface area contributed by atoms with E-state index in [0.29, 0.717) is 5.92 Å². The second-order valence-corrected chi connectivity index (χ2v) is 9.53. The fourth-order valence-electron chi connectivity index (χ4n) is 4.61. The highest BCUT2D eigenvalue weighted by Gasteiger charge is 2.32. The van der Waals surface area contributed by atoms with Crippen molar-refractivity contribution < 1.29 is 14.5 Å². The Morgan fingerprint density at radius 1 is 1.10 bits per heavy atom. The first kappa shape index (κ1) is 20.3. The molecule has 2 fully saturated rings. The number of nitrogens with one attached hydrogen (secondary N) is 3. The largest absolute Gasteiger partial charge is 0.335 e. The van der Waals surface area contributed by atoms with E-state index < -0.39 is 0 Å². The van der Waals surface area contributed by atoms with Gasteiger partial charge in [-0.05, 0) is 31.9 Å². The number of nitrogens with zero attached hydrogens (tertiary/aromatic N) is 1. The lowest BCUT2D eigenvalue weighted by Gasteiger charge is -2.31. The summed E-state index contributed by atoms with van der Waals surface area (Å²) in [5.74, 6) is 0.299. The number of amides is 3. The molecular formula is C22H31N4O2S+. The van der Waals surface area contributed by atoms with Crippen LogP contribution in [-0.4, -0.2) is 42.1 Å². The third kappa shape index (κ3) is 4.95. The number of carbonyl (C=O) groups excluding carboxylic acids is 2. The van der Waals surface area contributed by atoms with Crippen molar-refractivity contribution in [3.63, 3.8) is 0 Å². The number of rotatable bonds is 4. The Balaban J connectivity index is 1.26. The smallest absolute Gasteiger partial charge is 0.321 e. The lowest BCUT2D eigenvalue weighted by atomic mass is 9.96. The zero-order valence-electron chi connectivity index (χ0n) is 17.1. The zero-order chi connectivity index (χ0) is 20.2. The highest BCUT2D eigenvalue weighted by molar-refractivity contribution is 7.18. The van der Waals surface area contributed by atoms with Crippen molar-refractivity contribution in [1.82, 2.24) is 15.6 Å². The average Bonchev–Trinajstić information content (AvgIpc) is 3.18. The summed E-state index contributed by atoms with van der Waals surface area (Å²) in [6.45, 7) is 3.79. The molecule has 4 rings (SSSR count). The number of quaternary nitrogens is 1. The van der Waals surface area contributed by atoms with Crippen LogP contribution in [0.1, 0.15) is 62.8 Å². The summed E-state index contributed by atoms with van der Waals surface area (Å²) in [6, 6.07) is 7.94. The third-order valence-corrected chi connectivity index (χ3v) is 7.67. The fourth-order valence-corrected chi connectivity index (χ4v) is 5.74. The molecule has 1 aliphatic carbocycles. The number of likely N-dealkylation sites (tertiary alicyclic amines) is 1. The van der Waals surface area contributed by atoms with Crippen molar-refractivity contribution in [3.05, 3.63) is 29.3 Å². The Labute approximate surface area is 176 Å². The molecule has 7 heteroatoms. The number of imide groups is 1. The molecule has 0 bridgehead atoms. The van der Waals surface area contributed by atoms with Gasteiger partial charge in [0.05, 0.1) is 28.3 Å². The summed E-state index contributed by atoms with van der Waals surface area (Å²) in [4.78, 5) is 30.8. The van der Waals surface area contributed by atoms with E-state index in [-0.39, 0.29) is 24.0 Å². The van der Waals surface area contributed by atoms with Gasteiger partial charge in [-0.1, -0.05) is 31.4 Å². The molecule has 3 N–H and O–H groups in total. The van der Waals surface area contributed by atoms with Crippen LogP contribution < -0.4 is 15.5 Å². The van der Waals surface area contributed by atoms with Crippen molar-refractivity contribution in [1.29, 1.82) is 0 Å². The van der Waals surface area contributed by atoms with Gasteiger partial charge in [-0.2, -0.15) is 0 Å². The molecule has 3 amide bonds. The van der Waals surface area contributed by atoms with Crippen LogP contribution in [0.2, 0.25) is 0 Å². The van der Waals surface area contributed by atoms with Gasteiger partial charge in [0.25, 0.3) is 5.91 Å². The molecule has 1 aromatic carbocycles. The lowest BCUT2D eigenvalue weighted by Crippen LogP contribution is -3.17. The molecule has 1 aliphatic heterocycles. The number of hydrogen-bond donors (Lipinski definition) is 3. The second kappa shape index (κ2) is 9.22. The highest BCUT2D eigenvalue weighted by Crippen LogP contribution is 2.31. The van der Waals surface area contributed by atoms with Crippen LogP contribution in [0.3, 0.4) is 0 Å². The van der Waals surface area contributed by atoms with E-state index in [1.807, 2.05) is 13.0 Å². The van der Waals surface area contributed by atoms with Gasteiger partial charge in [0.1, 0.15) is 0 Å². The molecule has 2 aliphatic rings. The summed E-state index contributed by atoms with van der Waals surface area (Å²) in [5, 5.41) is 6.74. The van der Waals surface area contributed by atoms with E-state index in [1.165, 1.54) is 21.0 Å². The van der Waals surface area contributed by atoms with E-state index in [9.17, 15) is 9.59 Å². The molecule has 2 aromatic rings. The van der Waals surface area contributed by atoms with Gasteiger partial charge in [0.2, 0.25) is 0 Å². The molecule has 156 valence electrons. The first-order valence-corrected chi connectivity index (χ1v) is 11.7. The standard InChI is InChI=1S/C22H30N4O2S/c1-15(20(27)25-22(28)23-17-7-3-2-4-8-17)26-13-11-16(12-14-26)21-24-18-9-5-6-10-19(18)29-21/h5-6,9-10,15-17H,2-4,7-8,11-14H2,1H3,(H2,23,25,27,28)/p+1/t15-/m1/s1. The van der Waals surface area contributed by atoms with E-state index >= 15 is 0 Å². The van der Waals surface area contributed by atoms with E-state index in [2.05, 4.69) is 28.8 Å².